The van der Waals surface area contributed by atoms with E-state index < -0.39 is 6.04 Å². The van der Waals surface area contributed by atoms with Gasteiger partial charge in [0, 0.05) is 20.0 Å². The summed E-state index contributed by atoms with van der Waals surface area (Å²) in [5.74, 6) is 0.0105. The zero-order chi connectivity index (χ0) is 11.6. The number of likely N-dealkylation sites (tertiary alicyclic amines) is 1. The van der Waals surface area contributed by atoms with Crippen molar-refractivity contribution in [2.75, 3.05) is 13.6 Å². The minimum absolute atomic E-state index is 0. The van der Waals surface area contributed by atoms with Crippen LogP contribution in [-0.2, 0) is 9.59 Å². The van der Waals surface area contributed by atoms with Gasteiger partial charge in [0.05, 0.1) is 12.1 Å². The highest BCUT2D eigenvalue weighted by atomic mass is 35.5. The summed E-state index contributed by atoms with van der Waals surface area (Å²) in [6, 6.07) is -0.578. The Morgan fingerprint density at radius 2 is 2.12 bits per heavy atom. The molecule has 2 amide bonds. The number of nitrogens with two attached hydrogens (primary N) is 1. The molecule has 0 aromatic rings. The number of hydrogen-bond acceptors (Lipinski definition) is 3. The first kappa shape index (κ1) is 15.2. The molecule has 1 rings (SSSR count). The number of halogens is 1. The Morgan fingerprint density at radius 3 is 2.50 bits per heavy atom. The van der Waals surface area contributed by atoms with E-state index in [1.54, 1.807) is 11.9 Å². The number of rotatable bonds is 3. The van der Waals surface area contributed by atoms with Crippen molar-refractivity contribution in [1.82, 2.24) is 10.2 Å². The van der Waals surface area contributed by atoms with Gasteiger partial charge in [-0.2, -0.15) is 0 Å². The van der Waals surface area contributed by atoms with Gasteiger partial charge in [-0.1, -0.05) is 13.8 Å². The summed E-state index contributed by atoms with van der Waals surface area (Å²) in [7, 11) is 1.73. The Labute approximate surface area is 102 Å². The molecule has 0 aromatic carbocycles. The summed E-state index contributed by atoms with van der Waals surface area (Å²) in [5.41, 5.74) is 5.70. The summed E-state index contributed by atoms with van der Waals surface area (Å²) in [6.07, 6.45) is 0.382. The molecule has 16 heavy (non-hydrogen) atoms. The van der Waals surface area contributed by atoms with E-state index in [1.807, 2.05) is 13.8 Å². The van der Waals surface area contributed by atoms with Crippen LogP contribution in [0.4, 0.5) is 0 Å². The normalized spacial score (nSPS) is 21.9. The number of likely N-dealkylation sites (N-methyl/N-ethyl adjacent to an activating group) is 1. The van der Waals surface area contributed by atoms with Crippen LogP contribution in [0.15, 0.2) is 0 Å². The van der Waals surface area contributed by atoms with Gasteiger partial charge in [0.1, 0.15) is 0 Å². The molecule has 0 aliphatic carbocycles. The van der Waals surface area contributed by atoms with E-state index in [1.165, 1.54) is 0 Å². The monoisotopic (exact) mass is 249 g/mol. The first-order chi connectivity index (χ1) is 6.91. The van der Waals surface area contributed by atoms with Crippen LogP contribution >= 0.6 is 12.4 Å². The second-order valence-corrected chi connectivity index (χ2v) is 4.45. The topological polar surface area (TPSA) is 75.4 Å². The predicted molar refractivity (Wildman–Crippen MR) is 64.2 cm³/mol. The van der Waals surface area contributed by atoms with Gasteiger partial charge in [-0.05, 0) is 5.92 Å². The highest BCUT2D eigenvalue weighted by Crippen LogP contribution is 2.09. The first-order valence-corrected chi connectivity index (χ1v) is 5.21. The summed E-state index contributed by atoms with van der Waals surface area (Å²) in [4.78, 5) is 24.4. The molecule has 1 fully saturated rings. The highest BCUT2D eigenvalue weighted by Gasteiger charge is 2.29. The molecule has 0 bridgehead atoms. The number of nitrogens with one attached hydrogen (secondary N) is 1. The second-order valence-electron chi connectivity index (χ2n) is 4.45. The van der Waals surface area contributed by atoms with Crippen molar-refractivity contribution in [3.63, 3.8) is 0 Å². The van der Waals surface area contributed by atoms with Gasteiger partial charge >= 0.3 is 0 Å². The van der Waals surface area contributed by atoms with Crippen LogP contribution in [0.1, 0.15) is 20.3 Å². The molecule has 0 radical (unpaired) electrons. The van der Waals surface area contributed by atoms with Crippen molar-refractivity contribution >= 4 is 24.2 Å². The minimum atomic E-state index is -0.494. The maximum atomic E-state index is 11.6. The van der Waals surface area contributed by atoms with Crippen LogP contribution in [-0.4, -0.2) is 42.4 Å². The SMILES string of the molecule is CC(C)C(N)C(=O)NC1CC(=O)N(C)C1.Cl. The van der Waals surface area contributed by atoms with Crippen LogP contribution in [0.3, 0.4) is 0 Å². The van der Waals surface area contributed by atoms with Crippen molar-refractivity contribution in [3.05, 3.63) is 0 Å². The van der Waals surface area contributed by atoms with Gasteiger partial charge < -0.3 is 16.0 Å². The maximum Gasteiger partial charge on any atom is 0.237 e. The van der Waals surface area contributed by atoms with E-state index in [0.717, 1.165) is 0 Å². The third-order valence-corrected chi connectivity index (χ3v) is 2.71. The summed E-state index contributed by atoms with van der Waals surface area (Å²) in [5, 5.41) is 2.79. The molecule has 3 N–H and O–H groups in total. The molecule has 5 nitrogen and oxygen atoms in total. The molecule has 0 spiro atoms. The highest BCUT2D eigenvalue weighted by molar-refractivity contribution is 5.85. The molecule has 1 aliphatic rings. The number of carbonyl (C=O) groups excluding carboxylic acids is 2. The summed E-state index contributed by atoms with van der Waals surface area (Å²) < 4.78 is 0. The zero-order valence-corrected chi connectivity index (χ0v) is 10.7. The van der Waals surface area contributed by atoms with E-state index >= 15 is 0 Å². The van der Waals surface area contributed by atoms with E-state index in [0.29, 0.717) is 13.0 Å². The van der Waals surface area contributed by atoms with Crippen molar-refractivity contribution in [2.45, 2.75) is 32.4 Å². The van der Waals surface area contributed by atoms with Gasteiger partial charge in [0.15, 0.2) is 0 Å². The Bertz CT molecular complexity index is 271. The molecule has 6 heteroatoms. The maximum absolute atomic E-state index is 11.6. The van der Waals surface area contributed by atoms with Gasteiger partial charge in [0.25, 0.3) is 0 Å². The molecule has 1 heterocycles. The summed E-state index contributed by atoms with van der Waals surface area (Å²) >= 11 is 0. The third kappa shape index (κ3) is 3.64. The lowest BCUT2D eigenvalue weighted by molar-refractivity contribution is -0.126. The lowest BCUT2D eigenvalue weighted by Gasteiger charge is -2.18. The molecular formula is C10H20ClN3O2. The van der Waals surface area contributed by atoms with Crippen LogP contribution in [0.2, 0.25) is 0 Å². The Kier molecular flexibility index (Phi) is 5.75. The molecule has 2 unspecified atom stereocenters. The Morgan fingerprint density at radius 1 is 1.56 bits per heavy atom. The number of amides is 2. The molecule has 0 aromatic heterocycles. The predicted octanol–water partition coefficient (Wildman–Crippen LogP) is -0.262. The molecular weight excluding hydrogens is 230 g/mol. The fourth-order valence-corrected chi connectivity index (χ4v) is 1.56. The average molecular weight is 250 g/mol. The third-order valence-electron chi connectivity index (χ3n) is 2.71. The number of nitrogens with zero attached hydrogens (tertiary/aromatic N) is 1. The molecule has 94 valence electrons. The summed E-state index contributed by atoms with van der Waals surface area (Å²) in [6.45, 7) is 4.38. The van der Waals surface area contributed by atoms with Crippen LogP contribution in [0, 0.1) is 5.92 Å². The first-order valence-electron chi connectivity index (χ1n) is 5.21. The van der Waals surface area contributed by atoms with E-state index in [2.05, 4.69) is 5.32 Å². The molecule has 1 saturated heterocycles. The van der Waals surface area contributed by atoms with Crippen LogP contribution < -0.4 is 11.1 Å². The quantitative estimate of drug-likeness (QED) is 0.724. The van der Waals surface area contributed by atoms with Gasteiger partial charge in [-0.25, -0.2) is 0 Å². The lowest BCUT2D eigenvalue weighted by Crippen LogP contribution is -2.48. The van der Waals surface area contributed by atoms with Gasteiger partial charge in [-0.15, -0.1) is 12.4 Å². The smallest absolute Gasteiger partial charge is 0.237 e. The standard InChI is InChI=1S/C10H19N3O2.ClH/c1-6(2)9(11)10(15)12-7-4-8(14)13(3)5-7;/h6-7,9H,4-5,11H2,1-3H3,(H,12,15);1H. The van der Waals surface area contributed by atoms with E-state index in [9.17, 15) is 9.59 Å². The van der Waals surface area contributed by atoms with Gasteiger partial charge in [-0.3, -0.25) is 9.59 Å². The van der Waals surface area contributed by atoms with Crippen LogP contribution in [0.5, 0.6) is 0 Å². The minimum Gasteiger partial charge on any atom is -0.350 e. The van der Waals surface area contributed by atoms with Gasteiger partial charge in [0.2, 0.25) is 11.8 Å². The fourth-order valence-electron chi connectivity index (χ4n) is 1.56. The Hall–Kier alpha value is -0.810. The number of hydrogen-bond donors (Lipinski definition) is 2. The number of carbonyl (C=O) groups is 2. The largest absolute Gasteiger partial charge is 0.350 e. The van der Waals surface area contributed by atoms with Crippen LogP contribution in [0.25, 0.3) is 0 Å². The molecule has 1 aliphatic heterocycles. The Balaban J connectivity index is 0.00000225. The zero-order valence-electron chi connectivity index (χ0n) is 9.90. The van der Waals surface area contributed by atoms with E-state index in [-0.39, 0.29) is 36.2 Å². The lowest BCUT2D eigenvalue weighted by atomic mass is 10.0. The van der Waals surface area contributed by atoms with Crippen molar-refractivity contribution < 1.29 is 9.59 Å². The molecule has 0 saturated carbocycles. The van der Waals surface area contributed by atoms with Crippen molar-refractivity contribution in [1.29, 1.82) is 0 Å². The molecule has 2 atom stereocenters. The fraction of sp³-hybridized carbons (Fsp3) is 0.800. The second kappa shape index (κ2) is 6.06. The van der Waals surface area contributed by atoms with Crippen molar-refractivity contribution in [3.8, 4) is 0 Å². The van der Waals surface area contributed by atoms with Crippen molar-refractivity contribution in [2.24, 2.45) is 11.7 Å². The van der Waals surface area contributed by atoms with E-state index in [4.69, 9.17) is 5.73 Å². The average Bonchev–Trinajstić information content (AvgIpc) is 2.44.